The molecule has 5 nitrogen and oxygen atoms in total. The van der Waals surface area contributed by atoms with Crippen molar-refractivity contribution in [1.29, 1.82) is 0 Å². The highest BCUT2D eigenvalue weighted by atomic mass is 32.1. The first-order valence-corrected chi connectivity index (χ1v) is 8.20. The lowest BCUT2D eigenvalue weighted by Gasteiger charge is -2.33. The average molecular weight is 310 g/mol. The van der Waals surface area contributed by atoms with Crippen molar-refractivity contribution in [3.8, 4) is 0 Å². The molecule has 1 aromatic rings. The number of carbonyl (C=O) groups is 1. The van der Waals surface area contributed by atoms with Crippen LogP contribution in [0.15, 0.2) is 6.07 Å². The maximum atomic E-state index is 12.1. The summed E-state index contributed by atoms with van der Waals surface area (Å²) in [7, 11) is 7.78. The van der Waals surface area contributed by atoms with Gasteiger partial charge in [-0.1, -0.05) is 0 Å². The highest BCUT2D eigenvalue weighted by Crippen LogP contribution is 2.35. The number of anilines is 2. The van der Waals surface area contributed by atoms with E-state index in [1.807, 2.05) is 6.07 Å². The Morgan fingerprint density at radius 1 is 1.33 bits per heavy atom. The van der Waals surface area contributed by atoms with Crippen LogP contribution in [0.4, 0.5) is 10.7 Å². The van der Waals surface area contributed by atoms with Crippen LogP contribution in [0.25, 0.3) is 0 Å². The van der Waals surface area contributed by atoms with E-state index in [1.165, 1.54) is 24.2 Å². The normalized spacial score (nSPS) is 16.5. The summed E-state index contributed by atoms with van der Waals surface area (Å²) in [5, 5.41) is 1.13. The van der Waals surface area contributed by atoms with Crippen LogP contribution in [0.5, 0.6) is 0 Å². The molecule has 21 heavy (non-hydrogen) atoms. The Hall–Kier alpha value is -1.27. The molecule has 0 spiro atoms. The zero-order valence-electron chi connectivity index (χ0n) is 13.4. The van der Waals surface area contributed by atoms with E-state index in [0.717, 1.165) is 30.6 Å². The van der Waals surface area contributed by atoms with Crippen LogP contribution in [-0.4, -0.2) is 63.5 Å². The fourth-order valence-electron chi connectivity index (χ4n) is 2.77. The number of nitrogen functional groups attached to an aromatic ring is 1. The van der Waals surface area contributed by atoms with Gasteiger partial charge in [0.2, 0.25) is 0 Å². The molecule has 1 aromatic heterocycles. The number of nitrogens with zero attached hydrogens (tertiary/aromatic N) is 3. The van der Waals surface area contributed by atoms with Crippen LogP contribution >= 0.6 is 11.3 Å². The molecule has 0 unspecified atom stereocenters. The molecule has 1 aliphatic rings. The van der Waals surface area contributed by atoms with Gasteiger partial charge in [-0.25, -0.2) is 0 Å². The highest BCUT2D eigenvalue weighted by molar-refractivity contribution is 7.18. The van der Waals surface area contributed by atoms with Crippen molar-refractivity contribution in [3.63, 3.8) is 0 Å². The first kappa shape index (κ1) is 16.1. The largest absolute Gasteiger partial charge is 0.397 e. The van der Waals surface area contributed by atoms with Crippen molar-refractivity contribution in [2.24, 2.45) is 5.92 Å². The van der Waals surface area contributed by atoms with Crippen molar-refractivity contribution in [1.82, 2.24) is 9.80 Å². The number of rotatable bonds is 4. The molecule has 2 rings (SSSR count). The lowest BCUT2D eigenvalue weighted by Crippen LogP contribution is -2.36. The second-order valence-corrected chi connectivity index (χ2v) is 7.29. The maximum Gasteiger partial charge on any atom is 0.265 e. The van der Waals surface area contributed by atoms with Gasteiger partial charge < -0.3 is 20.4 Å². The zero-order valence-corrected chi connectivity index (χ0v) is 14.2. The Balaban J connectivity index is 2.01. The molecule has 0 radical (unpaired) electrons. The second-order valence-electron chi connectivity index (χ2n) is 6.26. The van der Waals surface area contributed by atoms with E-state index < -0.39 is 0 Å². The molecule has 118 valence electrons. The Bertz CT molecular complexity index is 490. The van der Waals surface area contributed by atoms with Gasteiger partial charge in [0, 0.05) is 33.7 Å². The summed E-state index contributed by atoms with van der Waals surface area (Å²) in [5.41, 5.74) is 6.61. The molecule has 6 heteroatoms. The number of hydrogen-bond donors (Lipinski definition) is 1. The van der Waals surface area contributed by atoms with Crippen LogP contribution in [0.2, 0.25) is 0 Å². The molecule has 1 saturated heterocycles. The molecule has 2 heterocycles. The SMILES string of the molecule is CN(C)CC1CCN(c2cc(N)c(C(=O)N(C)C)s2)CC1. The molecule has 0 aromatic carbocycles. The number of hydrogen-bond acceptors (Lipinski definition) is 5. The summed E-state index contributed by atoms with van der Waals surface area (Å²) >= 11 is 1.52. The van der Waals surface area contributed by atoms with Gasteiger partial charge in [0.25, 0.3) is 5.91 Å². The third-order valence-electron chi connectivity index (χ3n) is 3.90. The van der Waals surface area contributed by atoms with Crippen LogP contribution < -0.4 is 10.6 Å². The van der Waals surface area contributed by atoms with Gasteiger partial charge in [-0.05, 0) is 38.9 Å². The minimum Gasteiger partial charge on any atom is -0.397 e. The maximum absolute atomic E-state index is 12.1. The van der Waals surface area contributed by atoms with Crippen molar-refractivity contribution < 1.29 is 4.79 Å². The van der Waals surface area contributed by atoms with E-state index in [2.05, 4.69) is 23.9 Å². The summed E-state index contributed by atoms with van der Waals surface area (Å²) in [4.78, 5) is 18.9. The van der Waals surface area contributed by atoms with Gasteiger partial charge in [0.15, 0.2) is 0 Å². The molecule has 0 bridgehead atoms. The van der Waals surface area contributed by atoms with Crippen molar-refractivity contribution >= 4 is 27.9 Å². The molecule has 0 atom stereocenters. The minimum atomic E-state index is -0.00811. The van der Waals surface area contributed by atoms with Crippen LogP contribution in [-0.2, 0) is 0 Å². The minimum absolute atomic E-state index is 0.00811. The molecule has 1 fully saturated rings. The van der Waals surface area contributed by atoms with Gasteiger partial charge in [-0.3, -0.25) is 4.79 Å². The van der Waals surface area contributed by atoms with E-state index in [0.29, 0.717) is 10.6 Å². The summed E-state index contributed by atoms with van der Waals surface area (Å²) in [6.45, 7) is 3.26. The summed E-state index contributed by atoms with van der Waals surface area (Å²) in [5.74, 6) is 0.766. The Morgan fingerprint density at radius 3 is 2.48 bits per heavy atom. The Labute approximate surface area is 131 Å². The number of thiophene rings is 1. The lowest BCUT2D eigenvalue weighted by molar-refractivity contribution is 0.0833. The van der Waals surface area contributed by atoms with Crippen molar-refractivity contribution in [2.45, 2.75) is 12.8 Å². The van der Waals surface area contributed by atoms with Crippen LogP contribution in [0.1, 0.15) is 22.5 Å². The quantitative estimate of drug-likeness (QED) is 0.921. The molecule has 1 amide bonds. The van der Waals surface area contributed by atoms with Gasteiger partial charge in [0.1, 0.15) is 4.88 Å². The second kappa shape index (κ2) is 6.66. The van der Waals surface area contributed by atoms with Crippen molar-refractivity contribution in [2.75, 3.05) is 58.5 Å². The van der Waals surface area contributed by atoms with Gasteiger partial charge >= 0.3 is 0 Å². The first-order chi connectivity index (χ1) is 9.88. The monoisotopic (exact) mass is 310 g/mol. The van der Waals surface area contributed by atoms with E-state index in [1.54, 1.807) is 19.0 Å². The zero-order chi connectivity index (χ0) is 15.6. The van der Waals surface area contributed by atoms with Gasteiger partial charge in [-0.2, -0.15) is 0 Å². The number of amides is 1. The predicted octanol–water partition coefficient (Wildman–Crippen LogP) is 1.81. The summed E-state index contributed by atoms with van der Waals surface area (Å²) in [6, 6.07) is 1.95. The Kier molecular flexibility index (Phi) is 5.11. The van der Waals surface area contributed by atoms with E-state index >= 15 is 0 Å². The molecular weight excluding hydrogens is 284 g/mol. The smallest absolute Gasteiger partial charge is 0.265 e. The number of piperidine rings is 1. The van der Waals surface area contributed by atoms with Gasteiger partial charge in [0.05, 0.1) is 10.7 Å². The Morgan fingerprint density at radius 2 is 1.95 bits per heavy atom. The topological polar surface area (TPSA) is 52.8 Å². The third-order valence-corrected chi connectivity index (χ3v) is 5.10. The summed E-state index contributed by atoms with van der Waals surface area (Å²) in [6.07, 6.45) is 2.40. The molecule has 2 N–H and O–H groups in total. The van der Waals surface area contributed by atoms with E-state index in [-0.39, 0.29) is 5.91 Å². The predicted molar refractivity (Wildman–Crippen MR) is 90.2 cm³/mol. The fourth-order valence-corrected chi connectivity index (χ4v) is 3.92. The van der Waals surface area contributed by atoms with Crippen LogP contribution in [0, 0.1) is 5.92 Å². The van der Waals surface area contributed by atoms with Gasteiger partial charge in [-0.15, -0.1) is 11.3 Å². The first-order valence-electron chi connectivity index (χ1n) is 7.39. The highest BCUT2D eigenvalue weighted by Gasteiger charge is 2.23. The van der Waals surface area contributed by atoms with Crippen LogP contribution in [0.3, 0.4) is 0 Å². The third kappa shape index (κ3) is 3.89. The molecule has 0 aliphatic carbocycles. The average Bonchev–Trinajstić information content (AvgIpc) is 2.80. The molecular formula is C15H26N4OS. The van der Waals surface area contributed by atoms with E-state index in [4.69, 9.17) is 5.73 Å². The fraction of sp³-hybridized carbons (Fsp3) is 0.667. The van der Waals surface area contributed by atoms with E-state index in [9.17, 15) is 4.79 Å². The van der Waals surface area contributed by atoms with Crippen molar-refractivity contribution in [3.05, 3.63) is 10.9 Å². The molecule has 0 saturated carbocycles. The summed E-state index contributed by atoms with van der Waals surface area (Å²) < 4.78 is 0. The lowest BCUT2D eigenvalue weighted by atomic mass is 9.96. The number of nitrogens with two attached hydrogens (primary N) is 1. The number of carbonyl (C=O) groups excluding carboxylic acids is 1. The standard InChI is InChI=1S/C15H26N4OS/c1-17(2)10-11-5-7-19(8-6-11)13-9-12(16)14(21-13)15(20)18(3)4/h9,11H,5-8,10,16H2,1-4H3. The molecule has 1 aliphatic heterocycles.